The number of nitrogens with two attached hydrogens (primary N) is 1. The molecule has 4 N–H and O–H groups in total. The Morgan fingerprint density at radius 1 is 1.42 bits per heavy atom. The fraction of sp³-hybridized carbons (Fsp3) is 0.462. The van der Waals surface area contributed by atoms with E-state index in [1.807, 2.05) is 0 Å². The summed E-state index contributed by atoms with van der Waals surface area (Å²) in [4.78, 5) is 0. The monoisotopic (exact) mass is 389 g/mol. The van der Waals surface area contributed by atoms with Gasteiger partial charge in [0.25, 0.3) is 0 Å². The first kappa shape index (κ1) is 14.7. The summed E-state index contributed by atoms with van der Waals surface area (Å²) in [5.74, 6) is 0.307. The van der Waals surface area contributed by atoms with Crippen LogP contribution in [0.15, 0.2) is 26.2 Å². The third kappa shape index (κ3) is 3.63. The summed E-state index contributed by atoms with van der Waals surface area (Å²) in [5.41, 5.74) is 7.99. The minimum Gasteiger partial charge on any atom is -0.409 e. The van der Waals surface area contributed by atoms with Crippen molar-refractivity contribution in [2.45, 2.75) is 26.2 Å². The van der Waals surface area contributed by atoms with Crippen molar-refractivity contribution < 1.29 is 5.21 Å². The highest BCUT2D eigenvalue weighted by molar-refractivity contribution is 9.11. The van der Waals surface area contributed by atoms with Crippen molar-refractivity contribution in [3.63, 3.8) is 0 Å². The van der Waals surface area contributed by atoms with E-state index in [-0.39, 0.29) is 5.41 Å². The van der Waals surface area contributed by atoms with E-state index in [9.17, 15) is 0 Å². The molecule has 0 unspecified atom stereocenters. The van der Waals surface area contributed by atoms with E-state index < -0.39 is 0 Å². The van der Waals surface area contributed by atoms with E-state index in [2.05, 4.69) is 61.4 Å². The average Bonchev–Trinajstić information content (AvgIpc) is 3.07. The third-order valence-electron chi connectivity index (χ3n) is 3.47. The molecule has 2 rings (SSSR count). The van der Waals surface area contributed by atoms with Crippen LogP contribution in [0.2, 0.25) is 0 Å². The summed E-state index contributed by atoms with van der Waals surface area (Å²) in [5, 5.41) is 15.2. The van der Waals surface area contributed by atoms with Crippen LogP contribution in [0.25, 0.3) is 0 Å². The molecule has 6 heteroatoms. The Hall–Kier alpha value is -0.750. The van der Waals surface area contributed by atoms with Gasteiger partial charge in [-0.15, -0.1) is 0 Å². The maximum atomic E-state index is 8.66. The highest BCUT2D eigenvalue weighted by Gasteiger charge is 2.43. The first-order chi connectivity index (χ1) is 8.96. The van der Waals surface area contributed by atoms with Crippen molar-refractivity contribution in [1.29, 1.82) is 0 Å². The number of oxime groups is 1. The van der Waals surface area contributed by atoms with Crippen LogP contribution in [0.3, 0.4) is 0 Å². The van der Waals surface area contributed by atoms with Gasteiger partial charge in [-0.1, -0.05) is 5.16 Å². The number of hydrogen-bond acceptors (Lipinski definition) is 3. The number of anilines is 1. The molecule has 1 aliphatic carbocycles. The molecule has 1 aliphatic rings. The molecular weight excluding hydrogens is 374 g/mol. The molecule has 1 aromatic carbocycles. The highest BCUT2D eigenvalue weighted by atomic mass is 79.9. The second-order valence-corrected chi connectivity index (χ2v) is 6.93. The second kappa shape index (κ2) is 5.71. The van der Waals surface area contributed by atoms with Crippen molar-refractivity contribution in [3.05, 3.63) is 26.6 Å². The Morgan fingerprint density at radius 3 is 2.47 bits per heavy atom. The third-order valence-corrected chi connectivity index (χ3v) is 4.72. The fourth-order valence-corrected chi connectivity index (χ4v) is 3.85. The number of aryl methyl sites for hydroxylation is 1. The van der Waals surface area contributed by atoms with Gasteiger partial charge < -0.3 is 16.3 Å². The highest BCUT2D eigenvalue weighted by Crippen LogP contribution is 2.49. The van der Waals surface area contributed by atoms with Crippen LogP contribution >= 0.6 is 31.9 Å². The number of benzene rings is 1. The second-order valence-electron chi connectivity index (χ2n) is 5.23. The van der Waals surface area contributed by atoms with Crippen molar-refractivity contribution in [2.24, 2.45) is 16.3 Å². The van der Waals surface area contributed by atoms with Crippen molar-refractivity contribution >= 4 is 43.4 Å². The van der Waals surface area contributed by atoms with Crippen molar-refractivity contribution in [2.75, 3.05) is 11.9 Å². The van der Waals surface area contributed by atoms with Crippen LogP contribution < -0.4 is 11.1 Å². The molecule has 0 bridgehead atoms. The number of rotatable bonds is 5. The van der Waals surface area contributed by atoms with E-state index in [0.29, 0.717) is 12.3 Å². The maximum Gasteiger partial charge on any atom is 0.139 e. The summed E-state index contributed by atoms with van der Waals surface area (Å²) < 4.78 is 2.08. The van der Waals surface area contributed by atoms with E-state index in [4.69, 9.17) is 10.9 Å². The molecule has 0 aromatic heterocycles. The number of amidine groups is 1. The largest absolute Gasteiger partial charge is 0.409 e. The van der Waals surface area contributed by atoms with Crippen LogP contribution in [0, 0.1) is 12.3 Å². The zero-order chi connectivity index (χ0) is 14.0. The molecule has 0 radical (unpaired) electrons. The van der Waals surface area contributed by atoms with Crippen molar-refractivity contribution in [1.82, 2.24) is 0 Å². The van der Waals surface area contributed by atoms with Gasteiger partial charge in [-0.05, 0) is 74.7 Å². The number of nitrogens with zero attached hydrogens (tertiary/aromatic N) is 1. The standard InChI is InChI=1S/C13H17Br2N3O/c1-8-4-9(14)12(10(15)5-8)17-7-13(2-3-13)6-11(16)18-19/h4-5,17,19H,2-3,6-7H2,1H3,(H2,16,18). The zero-order valence-electron chi connectivity index (χ0n) is 10.7. The van der Waals surface area contributed by atoms with E-state index in [1.54, 1.807) is 0 Å². The number of hydrogen-bond donors (Lipinski definition) is 3. The summed E-state index contributed by atoms with van der Waals surface area (Å²) in [6.07, 6.45) is 2.85. The molecule has 1 saturated carbocycles. The van der Waals surface area contributed by atoms with Gasteiger partial charge in [-0.25, -0.2) is 0 Å². The number of halogens is 2. The molecule has 0 spiro atoms. The first-order valence-electron chi connectivity index (χ1n) is 6.12. The molecule has 0 heterocycles. The van der Waals surface area contributed by atoms with Gasteiger partial charge in [0.05, 0.1) is 5.69 Å². The molecule has 0 saturated heterocycles. The van der Waals surface area contributed by atoms with Crippen LogP contribution in [-0.2, 0) is 0 Å². The summed E-state index contributed by atoms with van der Waals surface area (Å²) in [7, 11) is 0. The van der Waals surface area contributed by atoms with E-state index in [0.717, 1.165) is 34.0 Å². The molecule has 19 heavy (non-hydrogen) atoms. The lowest BCUT2D eigenvalue weighted by atomic mass is 10.0. The lowest BCUT2D eigenvalue weighted by Gasteiger charge is -2.18. The Bertz CT molecular complexity index is 490. The smallest absolute Gasteiger partial charge is 0.139 e. The first-order valence-corrected chi connectivity index (χ1v) is 7.70. The van der Waals surface area contributed by atoms with Crippen LogP contribution in [0.4, 0.5) is 5.69 Å². The van der Waals surface area contributed by atoms with Crippen LogP contribution in [0.5, 0.6) is 0 Å². The number of nitrogens with one attached hydrogen (secondary N) is 1. The molecule has 0 aliphatic heterocycles. The summed E-state index contributed by atoms with van der Waals surface area (Å²) in [6.45, 7) is 2.88. The minimum atomic E-state index is 0.139. The topological polar surface area (TPSA) is 70.6 Å². The quantitative estimate of drug-likeness (QED) is 0.309. The van der Waals surface area contributed by atoms with E-state index in [1.165, 1.54) is 5.56 Å². The predicted molar refractivity (Wildman–Crippen MR) is 84.8 cm³/mol. The predicted octanol–water partition coefficient (Wildman–Crippen LogP) is 3.85. The Kier molecular flexibility index (Phi) is 4.40. The normalized spacial score (nSPS) is 17.3. The molecule has 104 valence electrons. The lowest BCUT2D eigenvalue weighted by molar-refractivity contribution is 0.315. The molecule has 1 aromatic rings. The minimum absolute atomic E-state index is 0.139. The Labute approximate surface area is 129 Å². The van der Waals surface area contributed by atoms with Gasteiger partial charge in [-0.2, -0.15) is 0 Å². The van der Waals surface area contributed by atoms with Crippen LogP contribution in [-0.4, -0.2) is 17.6 Å². The van der Waals surface area contributed by atoms with Gasteiger partial charge in [0.2, 0.25) is 0 Å². The van der Waals surface area contributed by atoms with Crippen LogP contribution in [0.1, 0.15) is 24.8 Å². The molecule has 0 atom stereocenters. The van der Waals surface area contributed by atoms with Gasteiger partial charge in [0.15, 0.2) is 0 Å². The summed E-state index contributed by atoms with van der Waals surface area (Å²) >= 11 is 7.14. The maximum absolute atomic E-state index is 8.66. The summed E-state index contributed by atoms with van der Waals surface area (Å²) in [6, 6.07) is 4.16. The molecule has 4 nitrogen and oxygen atoms in total. The SMILES string of the molecule is Cc1cc(Br)c(NCC2(CC(N)=NO)CC2)c(Br)c1. The average molecular weight is 391 g/mol. The van der Waals surface area contributed by atoms with Gasteiger partial charge in [0, 0.05) is 21.9 Å². The Morgan fingerprint density at radius 2 is 2.00 bits per heavy atom. The van der Waals surface area contributed by atoms with Gasteiger partial charge in [-0.3, -0.25) is 0 Å². The van der Waals surface area contributed by atoms with Gasteiger partial charge in [0.1, 0.15) is 5.84 Å². The zero-order valence-corrected chi connectivity index (χ0v) is 13.9. The molecule has 1 fully saturated rings. The lowest BCUT2D eigenvalue weighted by Crippen LogP contribution is -2.23. The molecular formula is C13H17Br2N3O. The van der Waals surface area contributed by atoms with Crippen molar-refractivity contribution in [3.8, 4) is 0 Å². The fourth-order valence-electron chi connectivity index (χ4n) is 2.16. The molecule has 0 amide bonds. The van der Waals surface area contributed by atoms with Gasteiger partial charge >= 0.3 is 0 Å². The van der Waals surface area contributed by atoms with E-state index >= 15 is 0 Å². The Balaban J connectivity index is 2.04.